The molecule has 5 nitrogen and oxygen atoms in total. The van der Waals surface area contributed by atoms with Crippen LogP contribution in [0.25, 0.3) is 0 Å². The lowest BCUT2D eigenvalue weighted by Crippen LogP contribution is -2.34. The van der Waals surface area contributed by atoms with Crippen molar-refractivity contribution in [1.82, 2.24) is 4.31 Å². The molecule has 3 aromatic carbocycles. The van der Waals surface area contributed by atoms with Crippen molar-refractivity contribution < 1.29 is 22.7 Å². The van der Waals surface area contributed by atoms with Crippen molar-refractivity contribution in [2.24, 2.45) is 0 Å². The molecule has 0 saturated carbocycles. The number of hydrogen-bond acceptors (Lipinski definition) is 3. The molecule has 3 aromatic rings. The zero-order valence-corrected chi connectivity index (χ0v) is 17.2. The molecule has 156 valence electrons. The molecule has 3 rings (SSSR count). The van der Waals surface area contributed by atoms with Crippen molar-refractivity contribution in [3.8, 4) is 0 Å². The fraction of sp³-hybridized carbons (Fsp3) is 0.174. The Morgan fingerprint density at radius 3 is 2.10 bits per heavy atom. The third-order valence-corrected chi connectivity index (χ3v) is 6.75. The molecule has 0 heterocycles. The van der Waals surface area contributed by atoms with Gasteiger partial charge < -0.3 is 5.11 Å². The number of aromatic carboxylic acids is 1. The second-order valence-electron chi connectivity index (χ2n) is 6.84. The van der Waals surface area contributed by atoms with Crippen molar-refractivity contribution in [2.45, 2.75) is 30.8 Å². The zero-order valence-electron chi connectivity index (χ0n) is 16.4. The number of carboxylic acid groups (broad SMARTS) is 1. The summed E-state index contributed by atoms with van der Waals surface area (Å²) >= 11 is 0. The van der Waals surface area contributed by atoms with Crippen LogP contribution in [0.3, 0.4) is 0 Å². The minimum atomic E-state index is -3.87. The van der Waals surface area contributed by atoms with Crippen LogP contribution in [-0.2, 0) is 16.6 Å². The van der Waals surface area contributed by atoms with E-state index in [4.69, 9.17) is 5.11 Å². The minimum absolute atomic E-state index is 0.0486. The number of hydrogen-bond donors (Lipinski definition) is 1. The smallest absolute Gasteiger partial charge is 0.335 e. The summed E-state index contributed by atoms with van der Waals surface area (Å²) in [4.78, 5) is 11.3. The highest BCUT2D eigenvalue weighted by Crippen LogP contribution is 2.32. The monoisotopic (exact) mass is 427 g/mol. The molecule has 0 spiro atoms. The van der Waals surface area contributed by atoms with E-state index in [9.17, 15) is 17.6 Å². The highest BCUT2D eigenvalue weighted by Gasteiger charge is 2.31. The topological polar surface area (TPSA) is 74.7 Å². The lowest BCUT2D eigenvalue weighted by atomic mass is 10.0. The van der Waals surface area contributed by atoms with Gasteiger partial charge in [-0.05, 0) is 53.9 Å². The van der Waals surface area contributed by atoms with Crippen LogP contribution in [-0.4, -0.2) is 23.8 Å². The average molecular weight is 427 g/mol. The number of sulfonamides is 1. The maximum Gasteiger partial charge on any atom is 0.335 e. The number of halogens is 1. The van der Waals surface area contributed by atoms with Crippen LogP contribution < -0.4 is 0 Å². The molecule has 0 fully saturated rings. The quantitative estimate of drug-likeness (QED) is 0.557. The van der Waals surface area contributed by atoms with Gasteiger partial charge in [-0.1, -0.05) is 49.4 Å². The number of carboxylic acids is 1. The fourth-order valence-corrected chi connectivity index (χ4v) is 5.01. The van der Waals surface area contributed by atoms with Crippen molar-refractivity contribution in [3.05, 3.63) is 101 Å². The molecule has 0 aliphatic heterocycles. The van der Waals surface area contributed by atoms with Gasteiger partial charge in [0.2, 0.25) is 10.0 Å². The van der Waals surface area contributed by atoms with E-state index < -0.39 is 27.9 Å². The van der Waals surface area contributed by atoms with Gasteiger partial charge in [0.1, 0.15) is 5.82 Å². The first kappa shape index (κ1) is 21.7. The van der Waals surface area contributed by atoms with Gasteiger partial charge in [0.25, 0.3) is 0 Å². The Bertz CT molecular complexity index is 1100. The summed E-state index contributed by atoms with van der Waals surface area (Å²) in [6.07, 6.45) is 0.477. The molecule has 1 atom stereocenters. The van der Waals surface area contributed by atoms with E-state index >= 15 is 0 Å². The second kappa shape index (κ2) is 9.19. The fourth-order valence-electron chi connectivity index (χ4n) is 3.31. The maximum absolute atomic E-state index is 13.5. The van der Waals surface area contributed by atoms with Crippen molar-refractivity contribution in [2.75, 3.05) is 0 Å². The molecule has 0 saturated heterocycles. The Morgan fingerprint density at radius 1 is 0.967 bits per heavy atom. The first-order valence-corrected chi connectivity index (χ1v) is 10.9. The van der Waals surface area contributed by atoms with E-state index in [1.807, 2.05) is 6.92 Å². The van der Waals surface area contributed by atoms with E-state index in [-0.39, 0.29) is 17.0 Å². The molecule has 0 aliphatic carbocycles. The van der Waals surface area contributed by atoms with Gasteiger partial charge in [-0.25, -0.2) is 17.6 Å². The van der Waals surface area contributed by atoms with Gasteiger partial charge in [0.05, 0.1) is 16.5 Å². The summed E-state index contributed by atoms with van der Waals surface area (Å²) in [5.74, 6) is -1.44. The van der Waals surface area contributed by atoms with Crippen LogP contribution in [0, 0.1) is 5.82 Å². The predicted molar refractivity (Wildman–Crippen MR) is 112 cm³/mol. The Balaban J connectivity index is 2.05. The summed E-state index contributed by atoms with van der Waals surface area (Å²) in [7, 11) is -3.87. The van der Waals surface area contributed by atoms with Crippen molar-refractivity contribution in [3.63, 3.8) is 0 Å². The molecule has 30 heavy (non-hydrogen) atoms. The molecule has 0 bridgehead atoms. The predicted octanol–water partition coefficient (Wildman–Crippen LogP) is 4.87. The normalized spacial score (nSPS) is 12.6. The second-order valence-corrected chi connectivity index (χ2v) is 8.73. The molecular weight excluding hydrogens is 405 g/mol. The van der Waals surface area contributed by atoms with Gasteiger partial charge >= 0.3 is 5.97 Å². The third-order valence-electron chi connectivity index (χ3n) is 4.88. The highest BCUT2D eigenvalue weighted by molar-refractivity contribution is 7.89. The van der Waals surface area contributed by atoms with Crippen LogP contribution in [0.5, 0.6) is 0 Å². The number of rotatable bonds is 8. The summed E-state index contributed by atoms with van der Waals surface area (Å²) in [6.45, 7) is 1.92. The lowest BCUT2D eigenvalue weighted by molar-refractivity contribution is 0.0697. The minimum Gasteiger partial charge on any atom is -0.478 e. The highest BCUT2D eigenvalue weighted by atomic mass is 32.2. The number of nitrogens with zero attached hydrogens (tertiary/aromatic N) is 1. The maximum atomic E-state index is 13.5. The largest absolute Gasteiger partial charge is 0.478 e. The van der Waals surface area contributed by atoms with Gasteiger partial charge in [-0.3, -0.25) is 0 Å². The van der Waals surface area contributed by atoms with Crippen LogP contribution in [0.4, 0.5) is 4.39 Å². The van der Waals surface area contributed by atoms with Crippen LogP contribution in [0.1, 0.15) is 40.9 Å². The Morgan fingerprint density at radius 2 is 1.57 bits per heavy atom. The summed E-state index contributed by atoms with van der Waals surface area (Å²) in [5.41, 5.74) is 1.46. The average Bonchev–Trinajstić information content (AvgIpc) is 2.75. The third kappa shape index (κ3) is 4.75. The standard InChI is InChI=1S/C23H22FNO4S/c1-2-22(18-12-14-20(24)15-13-18)25(30(28,29)21-6-4-3-5-7-21)16-17-8-10-19(11-9-17)23(26)27/h3-15,22H,2,16H2,1H3,(H,26,27)/t22-/m0/s1. The molecule has 0 unspecified atom stereocenters. The molecule has 0 amide bonds. The number of benzene rings is 3. The molecular formula is C23H22FNO4S. The summed E-state index contributed by atoms with van der Waals surface area (Å²) < 4.78 is 41.8. The van der Waals surface area contributed by atoms with E-state index in [1.165, 1.54) is 40.7 Å². The van der Waals surface area contributed by atoms with Gasteiger partial charge in [-0.15, -0.1) is 0 Å². The van der Waals surface area contributed by atoms with E-state index in [0.29, 0.717) is 17.5 Å². The zero-order chi connectivity index (χ0) is 21.7. The van der Waals surface area contributed by atoms with Crippen molar-refractivity contribution >= 4 is 16.0 Å². The van der Waals surface area contributed by atoms with Gasteiger partial charge in [0.15, 0.2) is 0 Å². The SMILES string of the molecule is CC[C@@H](c1ccc(F)cc1)N(Cc1ccc(C(=O)O)cc1)S(=O)(=O)c1ccccc1. The van der Waals surface area contributed by atoms with E-state index in [0.717, 1.165) is 0 Å². The van der Waals surface area contributed by atoms with Crippen LogP contribution in [0.2, 0.25) is 0 Å². The first-order valence-electron chi connectivity index (χ1n) is 9.47. The van der Waals surface area contributed by atoms with Crippen LogP contribution in [0.15, 0.2) is 83.8 Å². The van der Waals surface area contributed by atoms with Crippen molar-refractivity contribution in [1.29, 1.82) is 0 Å². The Hall–Kier alpha value is -3.03. The van der Waals surface area contributed by atoms with Gasteiger partial charge in [0, 0.05) is 6.54 Å². The Labute approximate surface area is 175 Å². The van der Waals surface area contributed by atoms with Crippen LogP contribution >= 0.6 is 0 Å². The van der Waals surface area contributed by atoms with E-state index in [1.54, 1.807) is 42.5 Å². The van der Waals surface area contributed by atoms with Gasteiger partial charge in [-0.2, -0.15) is 4.31 Å². The Kier molecular flexibility index (Phi) is 6.64. The first-order chi connectivity index (χ1) is 14.3. The molecule has 7 heteroatoms. The lowest BCUT2D eigenvalue weighted by Gasteiger charge is -2.31. The summed E-state index contributed by atoms with van der Waals surface area (Å²) in [5, 5.41) is 9.10. The number of carbonyl (C=O) groups is 1. The van der Waals surface area contributed by atoms with E-state index in [2.05, 4.69) is 0 Å². The molecule has 0 aromatic heterocycles. The molecule has 0 radical (unpaired) electrons. The molecule has 1 N–H and O–H groups in total. The molecule has 0 aliphatic rings. The summed E-state index contributed by atoms with van der Waals surface area (Å²) in [6, 6.07) is 19.5.